The van der Waals surface area contributed by atoms with Gasteiger partial charge in [-0.2, -0.15) is 0 Å². The topological polar surface area (TPSA) is 87.4 Å². The summed E-state index contributed by atoms with van der Waals surface area (Å²) < 4.78 is 0. The van der Waals surface area contributed by atoms with Crippen molar-refractivity contribution in [1.82, 2.24) is 9.80 Å². The Kier molecular flexibility index (Phi) is 9.51. The van der Waals surface area contributed by atoms with Crippen LogP contribution in [0.2, 0.25) is 0 Å². The third-order valence-electron chi connectivity index (χ3n) is 3.34. The van der Waals surface area contributed by atoms with Crippen molar-refractivity contribution < 1.29 is 20.4 Å². The molecule has 4 unspecified atom stereocenters. The molecule has 0 saturated heterocycles. The molecule has 6 heteroatoms. The molecule has 0 rings (SSSR count). The van der Waals surface area contributed by atoms with E-state index in [0.717, 1.165) is 0 Å². The van der Waals surface area contributed by atoms with Gasteiger partial charge in [-0.3, -0.25) is 9.80 Å². The largest absolute Gasteiger partial charge is 0.379 e. The van der Waals surface area contributed by atoms with Crippen LogP contribution in [0.1, 0.15) is 47.0 Å². The molecule has 6 nitrogen and oxygen atoms in total. The molecule has 0 aromatic rings. The van der Waals surface area contributed by atoms with E-state index in [1.165, 1.54) is 4.90 Å². The molecule has 19 heavy (non-hydrogen) atoms. The summed E-state index contributed by atoms with van der Waals surface area (Å²) in [5.41, 5.74) is 0. The van der Waals surface area contributed by atoms with Crippen LogP contribution in [0.5, 0.6) is 0 Å². The average Bonchev–Trinajstić information content (AvgIpc) is 2.40. The first-order valence-corrected chi connectivity index (χ1v) is 7.12. The Bertz CT molecular complexity index is 219. The highest BCUT2D eigenvalue weighted by molar-refractivity contribution is 4.69. The normalized spacial score (nSPS) is 18.6. The third-order valence-corrected chi connectivity index (χ3v) is 3.34. The molecule has 0 aliphatic carbocycles. The summed E-state index contributed by atoms with van der Waals surface area (Å²) in [5, 5.41) is 39.2. The van der Waals surface area contributed by atoms with Gasteiger partial charge in [-0.1, -0.05) is 20.8 Å². The van der Waals surface area contributed by atoms with Gasteiger partial charge in [-0.15, -0.1) is 0 Å². The van der Waals surface area contributed by atoms with Crippen molar-refractivity contribution in [3.63, 3.8) is 0 Å². The van der Waals surface area contributed by atoms with Crippen molar-refractivity contribution in [2.45, 2.75) is 71.9 Å². The molecule has 0 aliphatic rings. The van der Waals surface area contributed by atoms with E-state index in [4.69, 9.17) is 0 Å². The first-order chi connectivity index (χ1) is 8.88. The van der Waals surface area contributed by atoms with Gasteiger partial charge >= 0.3 is 0 Å². The summed E-state index contributed by atoms with van der Waals surface area (Å²) in [6, 6.07) is 0. The van der Waals surface area contributed by atoms with Crippen LogP contribution >= 0.6 is 0 Å². The first-order valence-electron chi connectivity index (χ1n) is 7.12. The highest BCUT2D eigenvalue weighted by Gasteiger charge is 2.24. The minimum atomic E-state index is -0.769. The molecule has 116 valence electrons. The number of nitrogens with zero attached hydrogens (tertiary/aromatic N) is 2. The average molecular weight is 278 g/mol. The number of hydrogen-bond acceptors (Lipinski definition) is 6. The van der Waals surface area contributed by atoms with E-state index in [1.807, 2.05) is 20.8 Å². The fourth-order valence-electron chi connectivity index (χ4n) is 2.02. The Balaban J connectivity index is 4.58. The van der Waals surface area contributed by atoms with Gasteiger partial charge in [0.1, 0.15) is 24.9 Å². The SMILES string of the molecule is CCC(O)N(CCN(C(O)CC)C(O)CC)C(C)O. The quantitative estimate of drug-likeness (QED) is 0.424. The van der Waals surface area contributed by atoms with Crippen molar-refractivity contribution in [1.29, 1.82) is 0 Å². The minimum absolute atomic E-state index is 0.376. The zero-order valence-electron chi connectivity index (χ0n) is 12.5. The second kappa shape index (κ2) is 9.63. The number of rotatable bonds is 10. The molecule has 0 saturated carbocycles. The number of hydrogen-bond donors (Lipinski definition) is 4. The Morgan fingerprint density at radius 2 is 1.00 bits per heavy atom. The van der Waals surface area contributed by atoms with Gasteiger partial charge in [0.2, 0.25) is 0 Å². The maximum Gasteiger partial charge on any atom is 0.109 e. The molecular weight excluding hydrogens is 248 g/mol. The van der Waals surface area contributed by atoms with Crippen LogP contribution in [0.3, 0.4) is 0 Å². The van der Waals surface area contributed by atoms with E-state index in [-0.39, 0.29) is 0 Å². The lowest BCUT2D eigenvalue weighted by atomic mass is 10.2. The molecule has 4 N–H and O–H groups in total. The zero-order chi connectivity index (χ0) is 15.0. The molecule has 0 radical (unpaired) electrons. The third kappa shape index (κ3) is 6.16. The minimum Gasteiger partial charge on any atom is -0.379 e. The van der Waals surface area contributed by atoms with Crippen molar-refractivity contribution in [3.8, 4) is 0 Å². The maximum atomic E-state index is 9.89. The van der Waals surface area contributed by atoms with Gasteiger partial charge in [0.25, 0.3) is 0 Å². The first kappa shape index (κ1) is 18.8. The van der Waals surface area contributed by atoms with E-state index in [9.17, 15) is 20.4 Å². The van der Waals surface area contributed by atoms with Crippen LogP contribution in [0.15, 0.2) is 0 Å². The van der Waals surface area contributed by atoms with Crippen LogP contribution in [-0.2, 0) is 0 Å². The molecule has 0 aromatic carbocycles. The fourth-order valence-corrected chi connectivity index (χ4v) is 2.02. The lowest BCUT2D eigenvalue weighted by molar-refractivity contribution is -0.131. The Hall–Kier alpha value is -0.240. The zero-order valence-corrected chi connectivity index (χ0v) is 12.5. The molecular formula is C13H30N2O4. The van der Waals surface area contributed by atoms with E-state index >= 15 is 0 Å². The van der Waals surface area contributed by atoms with Gasteiger partial charge in [-0.25, -0.2) is 0 Å². The summed E-state index contributed by atoms with van der Waals surface area (Å²) in [4.78, 5) is 3.12. The van der Waals surface area contributed by atoms with Gasteiger partial charge in [0.15, 0.2) is 0 Å². The second-order valence-electron chi connectivity index (χ2n) is 4.77. The Labute approximate surface area is 116 Å². The lowest BCUT2D eigenvalue weighted by Crippen LogP contribution is -2.50. The summed E-state index contributed by atoms with van der Waals surface area (Å²) in [5.74, 6) is 0. The summed E-state index contributed by atoms with van der Waals surface area (Å²) in [6.07, 6.45) is -1.38. The maximum absolute atomic E-state index is 9.89. The van der Waals surface area contributed by atoms with Crippen LogP contribution in [0.4, 0.5) is 0 Å². The smallest absolute Gasteiger partial charge is 0.109 e. The van der Waals surface area contributed by atoms with Crippen molar-refractivity contribution >= 4 is 0 Å². The van der Waals surface area contributed by atoms with E-state index in [2.05, 4.69) is 0 Å². The van der Waals surface area contributed by atoms with Crippen molar-refractivity contribution in [2.75, 3.05) is 13.1 Å². The molecule has 4 atom stereocenters. The molecule has 0 aromatic heterocycles. The monoisotopic (exact) mass is 278 g/mol. The molecule has 0 spiro atoms. The molecule has 0 bridgehead atoms. The standard InChI is InChI=1S/C13H30N2O4/c1-5-11(17)14(10(4)16)8-9-15(12(18)6-2)13(19)7-3/h10-13,16-19H,5-9H2,1-4H3. The summed E-state index contributed by atoms with van der Waals surface area (Å²) in [7, 11) is 0. The number of aliphatic hydroxyl groups is 4. The Morgan fingerprint density at radius 3 is 1.32 bits per heavy atom. The Morgan fingerprint density at radius 1 is 0.684 bits per heavy atom. The lowest BCUT2D eigenvalue weighted by Gasteiger charge is -2.35. The van der Waals surface area contributed by atoms with Gasteiger partial charge in [0.05, 0.1) is 0 Å². The van der Waals surface area contributed by atoms with Crippen LogP contribution in [0, 0.1) is 0 Å². The van der Waals surface area contributed by atoms with Crippen LogP contribution in [0.25, 0.3) is 0 Å². The molecule has 0 aliphatic heterocycles. The van der Waals surface area contributed by atoms with Crippen molar-refractivity contribution in [2.24, 2.45) is 0 Å². The number of aliphatic hydroxyl groups excluding tert-OH is 4. The van der Waals surface area contributed by atoms with E-state index < -0.39 is 24.9 Å². The van der Waals surface area contributed by atoms with Gasteiger partial charge in [0, 0.05) is 13.1 Å². The molecule has 0 heterocycles. The van der Waals surface area contributed by atoms with Gasteiger partial charge in [-0.05, 0) is 26.2 Å². The van der Waals surface area contributed by atoms with Crippen LogP contribution < -0.4 is 0 Å². The molecule has 0 amide bonds. The fraction of sp³-hybridized carbons (Fsp3) is 1.00. The molecule has 0 fully saturated rings. The summed E-state index contributed by atoms with van der Waals surface area (Å²) >= 11 is 0. The van der Waals surface area contributed by atoms with Crippen LogP contribution in [-0.4, -0.2) is 68.2 Å². The van der Waals surface area contributed by atoms with Gasteiger partial charge < -0.3 is 20.4 Å². The van der Waals surface area contributed by atoms with E-state index in [0.29, 0.717) is 32.4 Å². The predicted octanol–water partition coefficient (Wildman–Crippen LogP) is 0.114. The summed E-state index contributed by atoms with van der Waals surface area (Å²) in [6.45, 7) is 7.86. The van der Waals surface area contributed by atoms with Crippen molar-refractivity contribution in [3.05, 3.63) is 0 Å². The predicted molar refractivity (Wildman–Crippen MR) is 74.0 cm³/mol. The highest BCUT2D eigenvalue weighted by Crippen LogP contribution is 2.11. The van der Waals surface area contributed by atoms with E-state index in [1.54, 1.807) is 11.8 Å². The highest BCUT2D eigenvalue weighted by atomic mass is 16.3. The second-order valence-corrected chi connectivity index (χ2v) is 4.77.